The summed E-state index contributed by atoms with van der Waals surface area (Å²) in [4.78, 5) is 17.6. The third-order valence-corrected chi connectivity index (χ3v) is 11.7. The Hall–Kier alpha value is -3.77. The Morgan fingerprint density at radius 3 is 2.70 bits per heavy atom. The summed E-state index contributed by atoms with van der Waals surface area (Å²) < 4.78 is 8.67. The monoisotopic (exact) mass is 651 g/mol. The van der Waals surface area contributed by atoms with Crippen LogP contribution in [0.25, 0.3) is 11.1 Å². The first-order valence-corrected chi connectivity index (χ1v) is 17.7. The van der Waals surface area contributed by atoms with E-state index < -0.39 is 11.5 Å². The van der Waals surface area contributed by atoms with E-state index in [1.165, 1.54) is 46.4 Å². The second-order valence-electron chi connectivity index (χ2n) is 14.6. The highest BCUT2D eigenvalue weighted by Gasteiger charge is 2.54. The van der Waals surface area contributed by atoms with E-state index in [1.54, 1.807) is 0 Å². The maximum atomic E-state index is 12.9. The number of nitrogens with zero attached hydrogens (tertiary/aromatic N) is 2. The Morgan fingerprint density at radius 2 is 1.96 bits per heavy atom. The number of pyridine rings is 1. The summed E-state index contributed by atoms with van der Waals surface area (Å²) in [7, 11) is 2.06. The van der Waals surface area contributed by atoms with Crippen molar-refractivity contribution in [2.45, 2.75) is 88.5 Å². The zero-order valence-corrected chi connectivity index (χ0v) is 28.5. The van der Waals surface area contributed by atoms with Crippen LogP contribution in [0.1, 0.15) is 87.1 Å². The van der Waals surface area contributed by atoms with Crippen LogP contribution in [0, 0.1) is 11.8 Å². The summed E-state index contributed by atoms with van der Waals surface area (Å²) in [6, 6.07) is 18.6. The molecule has 0 bridgehead atoms. The molecule has 0 saturated heterocycles. The van der Waals surface area contributed by atoms with Crippen LogP contribution in [0.2, 0.25) is 5.02 Å². The summed E-state index contributed by atoms with van der Waals surface area (Å²) in [5.74, 6) is 1.43. The molecule has 0 amide bonds. The molecule has 7 heteroatoms. The molecule has 6 nitrogen and oxygen atoms in total. The number of anilines is 1. The lowest BCUT2D eigenvalue weighted by molar-refractivity contribution is -0.144. The molecule has 3 aliphatic carbocycles. The summed E-state index contributed by atoms with van der Waals surface area (Å²) in [5, 5.41) is 14.6. The van der Waals surface area contributed by atoms with Gasteiger partial charge < -0.3 is 19.7 Å². The van der Waals surface area contributed by atoms with E-state index >= 15 is 0 Å². The number of hydrogen-bond acceptors (Lipinski definition) is 4. The lowest BCUT2D eigenvalue weighted by Crippen LogP contribution is -2.53. The Bertz CT molecular complexity index is 1770. The van der Waals surface area contributed by atoms with Crippen LogP contribution in [0.4, 0.5) is 5.69 Å². The number of ether oxygens (including phenoxy) is 1. The first-order chi connectivity index (χ1) is 22.7. The number of aryl methyl sites for hydroxylation is 2. The summed E-state index contributed by atoms with van der Waals surface area (Å²) >= 11 is 6.28. The highest BCUT2D eigenvalue weighted by atomic mass is 35.5. The maximum absolute atomic E-state index is 12.9. The van der Waals surface area contributed by atoms with Crippen molar-refractivity contribution < 1.29 is 14.6 Å². The highest BCUT2D eigenvalue weighted by Crippen LogP contribution is 2.56. The van der Waals surface area contributed by atoms with Crippen LogP contribution >= 0.6 is 11.6 Å². The van der Waals surface area contributed by atoms with Crippen LogP contribution in [0.5, 0.6) is 5.75 Å². The molecule has 1 fully saturated rings. The number of carbonyl (C=O) groups is 1. The zero-order valence-electron chi connectivity index (χ0n) is 27.8. The predicted octanol–water partition coefficient (Wildman–Crippen LogP) is 9.21. The van der Waals surface area contributed by atoms with Crippen molar-refractivity contribution >= 4 is 23.3 Å². The fourth-order valence-electron chi connectivity index (χ4n) is 8.95. The summed E-state index contributed by atoms with van der Waals surface area (Å²) in [6.07, 6.45) is 14.3. The average molecular weight is 652 g/mol. The molecule has 47 heavy (non-hydrogen) atoms. The molecule has 3 aliphatic rings. The average Bonchev–Trinajstić information content (AvgIpc) is 3.62. The van der Waals surface area contributed by atoms with Gasteiger partial charge in [-0.2, -0.15) is 0 Å². The van der Waals surface area contributed by atoms with E-state index in [4.69, 9.17) is 16.3 Å². The number of hydrogen-bond donors (Lipinski definition) is 2. The van der Waals surface area contributed by atoms with Gasteiger partial charge in [-0.3, -0.25) is 4.98 Å². The fourth-order valence-corrected chi connectivity index (χ4v) is 9.14. The number of halogens is 1. The lowest BCUT2D eigenvalue weighted by Gasteiger charge is -2.47. The molecule has 0 unspecified atom stereocenters. The first kappa shape index (κ1) is 31.8. The number of carboxylic acids is 1. The number of fused-ring (bicyclic) bond motifs is 3. The van der Waals surface area contributed by atoms with Crippen LogP contribution < -0.4 is 10.1 Å². The molecule has 7 rings (SSSR count). The van der Waals surface area contributed by atoms with Gasteiger partial charge in [-0.15, -0.1) is 0 Å². The number of aliphatic carboxylic acids is 1. The highest BCUT2D eigenvalue weighted by molar-refractivity contribution is 6.30. The molecule has 2 heterocycles. The third kappa shape index (κ3) is 6.06. The van der Waals surface area contributed by atoms with E-state index in [9.17, 15) is 9.90 Å². The summed E-state index contributed by atoms with van der Waals surface area (Å²) in [5.41, 5.74) is 7.38. The van der Waals surface area contributed by atoms with E-state index in [1.807, 2.05) is 36.5 Å². The van der Waals surface area contributed by atoms with E-state index in [-0.39, 0.29) is 5.41 Å². The molecule has 1 spiro atoms. The molecule has 0 radical (unpaired) electrons. The molecule has 4 aromatic rings. The molecular formula is C40H46ClN3O3. The van der Waals surface area contributed by atoms with Gasteiger partial charge in [-0.25, -0.2) is 4.79 Å². The van der Waals surface area contributed by atoms with Crippen molar-refractivity contribution in [1.82, 2.24) is 9.55 Å². The van der Waals surface area contributed by atoms with Crippen molar-refractivity contribution in [3.05, 3.63) is 101 Å². The number of aromatic nitrogens is 2. The minimum absolute atomic E-state index is 0.0896. The maximum Gasteiger partial charge on any atom is 0.329 e. The molecule has 2 aromatic heterocycles. The van der Waals surface area contributed by atoms with Crippen molar-refractivity contribution in [3.63, 3.8) is 0 Å². The van der Waals surface area contributed by atoms with Gasteiger partial charge in [0.25, 0.3) is 0 Å². The van der Waals surface area contributed by atoms with Crippen molar-refractivity contribution in [1.29, 1.82) is 0 Å². The Labute approximate surface area is 283 Å². The summed E-state index contributed by atoms with van der Waals surface area (Å²) in [6.45, 7) is 5.27. The van der Waals surface area contributed by atoms with E-state index in [0.29, 0.717) is 42.2 Å². The second-order valence-corrected chi connectivity index (χ2v) is 15.1. The number of rotatable bonds is 9. The minimum atomic E-state index is -1.04. The van der Waals surface area contributed by atoms with Crippen molar-refractivity contribution in [2.75, 3.05) is 11.9 Å². The Kier molecular flexibility index (Phi) is 8.58. The standard InChI is InChI=1S/C40H46ClN3O3/c1-26(25-47-36-12-18-42-35-9-4-6-27(2)37(35)36)20-31-21-29-11-10-28(30-13-19-44(3)24-30)22-34(29)39(31)14-16-40(17-15-39,38(45)46)43-33-8-5-7-32(41)23-33/h5,7-8,10-13,18-19,22-24,26-27,31,43H,4,6,9,14-17,20-21,25H2,1-3H3,(H,45,46)/t26-,27-,31+,39?,40?/m1/s1. The SMILES string of the molecule is C[C@@H](COc1ccnc2c1[C@H](C)CCC2)C[C@H]1Cc2ccc(-c3ccn(C)c3)cc2C12CCC(Nc1cccc(Cl)c1)(C(=O)O)CC2. The van der Waals surface area contributed by atoms with Crippen LogP contribution in [-0.4, -0.2) is 32.8 Å². The molecule has 0 aliphatic heterocycles. The van der Waals surface area contributed by atoms with Crippen LogP contribution in [0.3, 0.4) is 0 Å². The lowest BCUT2D eigenvalue weighted by atomic mass is 9.59. The zero-order chi connectivity index (χ0) is 32.8. The number of nitrogens with one attached hydrogen (secondary N) is 1. The molecular weight excluding hydrogens is 606 g/mol. The molecule has 2 N–H and O–H groups in total. The van der Waals surface area contributed by atoms with E-state index in [2.05, 4.69) is 72.4 Å². The van der Waals surface area contributed by atoms with Gasteiger partial charge in [0, 0.05) is 47.6 Å². The minimum Gasteiger partial charge on any atom is -0.493 e. The van der Waals surface area contributed by atoms with Gasteiger partial charge in [0.2, 0.25) is 0 Å². The van der Waals surface area contributed by atoms with Gasteiger partial charge in [-0.1, -0.05) is 49.7 Å². The first-order valence-electron chi connectivity index (χ1n) is 17.3. The van der Waals surface area contributed by atoms with Crippen LogP contribution in [0.15, 0.2) is 73.2 Å². The molecule has 1 saturated carbocycles. The van der Waals surface area contributed by atoms with E-state index in [0.717, 1.165) is 43.5 Å². The Morgan fingerprint density at radius 1 is 1.13 bits per heavy atom. The van der Waals surface area contributed by atoms with Gasteiger partial charge in [0.1, 0.15) is 11.3 Å². The molecule has 3 atom stereocenters. The van der Waals surface area contributed by atoms with Gasteiger partial charge >= 0.3 is 5.97 Å². The second kappa shape index (κ2) is 12.7. The Balaban J connectivity index is 1.16. The van der Waals surface area contributed by atoms with Crippen molar-refractivity contribution in [2.24, 2.45) is 18.9 Å². The smallest absolute Gasteiger partial charge is 0.329 e. The number of carboxylic acid groups (broad SMARTS) is 1. The third-order valence-electron chi connectivity index (χ3n) is 11.5. The topological polar surface area (TPSA) is 76.4 Å². The predicted molar refractivity (Wildman–Crippen MR) is 188 cm³/mol. The van der Waals surface area contributed by atoms with Crippen molar-refractivity contribution in [3.8, 4) is 16.9 Å². The fraction of sp³-hybridized carbons (Fsp3) is 0.450. The van der Waals surface area contributed by atoms with Crippen LogP contribution in [-0.2, 0) is 30.1 Å². The van der Waals surface area contributed by atoms with Gasteiger partial charge in [0.15, 0.2) is 0 Å². The number of benzene rings is 2. The molecule has 2 aromatic carbocycles. The normalized spacial score (nSPS) is 25.6. The van der Waals surface area contributed by atoms with Gasteiger partial charge in [0.05, 0.1) is 6.61 Å². The quantitative estimate of drug-likeness (QED) is 0.189. The van der Waals surface area contributed by atoms with Gasteiger partial charge in [-0.05, 0) is 134 Å². The molecule has 246 valence electrons. The largest absolute Gasteiger partial charge is 0.493 e.